The largest absolute Gasteiger partial charge is 0.335 e. The molecule has 3 rings (SSSR count). The van der Waals surface area contributed by atoms with Crippen LogP contribution < -0.4 is 15.8 Å². The van der Waals surface area contributed by atoms with Crippen molar-refractivity contribution in [3.8, 4) is 12.3 Å². The number of carbonyl (C=O) groups is 1. The van der Waals surface area contributed by atoms with E-state index in [1.165, 1.54) is 17.1 Å². The molecule has 2 aromatic carbocycles. The molecule has 1 aliphatic rings. The van der Waals surface area contributed by atoms with Crippen molar-refractivity contribution < 1.29 is 9.18 Å². The summed E-state index contributed by atoms with van der Waals surface area (Å²) in [5.41, 5.74) is 4.18. The van der Waals surface area contributed by atoms with Crippen LogP contribution in [0, 0.1) is 18.2 Å². The molecule has 0 radical (unpaired) electrons. The molecule has 0 aromatic heterocycles. The third kappa shape index (κ3) is 2.45. The van der Waals surface area contributed by atoms with Crippen LogP contribution in [-0.4, -0.2) is 6.03 Å². The summed E-state index contributed by atoms with van der Waals surface area (Å²) >= 11 is 6.09. The Morgan fingerprint density at radius 1 is 1.23 bits per heavy atom. The average Bonchev–Trinajstić information content (AvgIpc) is 2.89. The normalized spacial score (nSPS) is 16.9. The number of urea groups is 1. The van der Waals surface area contributed by atoms with Gasteiger partial charge in [-0.25, -0.2) is 14.6 Å². The third-order valence-corrected chi connectivity index (χ3v) is 3.66. The molecule has 0 spiro atoms. The van der Waals surface area contributed by atoms with E-state index in [9.17, 15) is 9.18 Å². The van der Waals surface area contributed by atoms with Gasteiger partial charge in [0, 0.05) is 5.56 Å². The Labute approximate surface area is 131 Å². The highest BCUT2D eigenvalue weighted by atomic mass is 35.5. The summed E-state index contributed by atoms with van der Waals surface area (Å²) in [6.45, 7) is 0. The van der Waals surface area contributed by atoms with Crippen molar-refractivity contribution in [3.05, 3.63) is 64.4 Å². The van der Waals surface area contributed by atoms with Gasteiger partial charge in [0.05, 0.1) is 16.3 Å². The second-order valence-electron chi connectivity index (χ2n) is 4.68. The molecule has 0 saturated carbocycles. The molecule has 1 saturated heterocycles. The third-order valence-electron chi connectivity index (χ3n) is 3.33. The second-order valence-corrected chi connectivity index (χ2v) is 5.09. The number of hydrogen-bond donors (Lipinski definition) is 2. The summed E-state index contributed by atoms with van der Waals surface area (Å²) in [5.74, 6) is 2.02. The van der Waals surface area contributed by atoms with Gasteiger partial charge in [0.15, 0.2) is 6.17 Å². The molecule has 1 fully saturated rings. The van der Waals surface area contributed by atoms with Crippen LogP contribution >= 0.6 is 11.6 Å². The summed E-state index contributed by atoms with van der Waals surface area (Å²) in [6, 6.07) is 10.9. The van der Waals surface area contributed by atoms with Crippen molar-refractivity contribution in [2.75, 3.05) is 5.01 Å². The van der Waals surface area contributed by atoms with Crippen molar-refractivity contribution in [1.82, 2.24) is 10.7 Å². The van der Waals surface area contributed by atoms with Crippen LogP contribution in [0.25, 0.3) is 0 Å². The lowest BCUT2D eigenvalue weighted by molar-refractivity contribution is 0.247. The van der Waals surface area contributed by atoms with E-state index in [4.69, 9.17) is 18.0 Å². The van der Waals surface area contributed by atoms with Gasteiger partial charge in [-0.3, -0.25) is 5.01 Å². The lowest BCUT2D eigenvalue weighted by Gasteiger charge is -2.25. The molecule has 2 amide bonds. The maximum Gasteiger partial charge on any atom is 0.335 e. The van der Waals surface area contributed by atoms with E-state index in [1.54, 1.807) is 30.3 Å². The maximum atomic E-state index is 14.1. The minimum absolute atomic E-state index is 0.198. The van der Waals surface area contributed by atoms with E-state index in [1.807, 2.05) is 0 Å². The first-order chi connectivity index (χ1) is 10.6. The number of hydrogen-bond acceptors (Lipinski definition) is 2. The number of nitrogens with zero attached hydrogens (tertiary/aromatic N) is 1. The maximum absolute atomic E-state index is 14.1. The van der Waals surface area contributed by atoms with Crippen molar-refractivity contribution in [3.63, 3.8) is 0 Å². The van der Waals surface area contributed by atoms with Crippen molar-refractivity contribution in [2.24, 2.45) is 0 Å². The number of benzene rings is 2. The number of nitrogens with one attached hydrogen (secondary N) is 2. The lowest BCUT2D eigenvalue weighted by Crippen LogP contribution is -2.34. The molecule has 1 aliphatic heterocycles. The second kappa shape index (κ2) is 5.58. The fourth-order valence-corrected chi connectivity index (χ4v) is 2.57. The lowest BCUT2D eigenvalue weighted by atomic mass is 10.1. The van der Waals surface area contributed by atoms with Gasteiger partial charge in [-0.1, -0.05) is 23.6 Å². The zero-order valence-electron chi connectivity index (χ0n) is 11.3. The molecule has 110 valence electrons. The number of amides is 2. The summed E-state index contributed by atoms with van der Waals surface area (Å²) in [5, 5.41) is 4.38. The number of halogens is 2. The van der Waals surface area contributed by atoms with Crippen LogP contribution in [0.5, 0.6) is 0 Å². The molecule has 4 nitrogen and oxygen atoms in total. The van der Waals surface area contributed by atoms with Gasteiger partial charge in [-0.05, 0) is 36.4 Å². The summed E-state index contributed by atoms with van der Waals surface area (Å²) in [7, 11) is 0. The first kappa shape index (κ1) is 14.2. The Morgan fingerprint density at radius 2 is 1.95 bits per heavy atom. The Kier molecular flexibility index (Phi) is 3.61. The van der Waals surface area contributed by atoms with Crippen molar-refractivity contribution in [2.45, 2.75) is 6.17 Å². The number of hydrazine groups is 1. The van der Waals surface area contributed by atoms with Crippen LogP contribution in [0.15, 0.2) is 42.5 Å². The fraction of sp³-hybridized carbons (Fsp3) is 0.0625. The van der Waals surface area contributed by atoms with Crippen molar-refractivity contribution in [1.29, 1.82) is 0 Å². The Morgan fingerprint density at radius 3 is 2.59 bits per heavy atom. The first-order valence-electron chi connectivity index (χ1n) is 6.47. The monoisotopic (exact) mass is 315 g/mol. The molecule has 2 aromatic rings. The van der Waals surface area contributed by atoms with Gasteiger partial charge in [0.25, 0.3) is 0 Å². The van der Waals surface area contributed by atoms with Crippen LogP contribution in [0.2, 0.25) is 5.02 Å². The molecule has 0 bridgehead atoms. The first-order valence-corrected chi connectivity index (χ1v) is 6.85. The molecular formula is C16H11ClFN3O. The summed E-state index contributed by atoms with van der Waals surface area (Å²) in [4.78, 5) is 11.7. The minimum Gasteiger partial charge on any atom is -0.311 e. The Balaban J connectivity index is 2.02. The van der Waals surface area contributed by atoms with E-state index in [0.29, 0.717) is 11.3 Å². The molecule has 1 atom stereocenters. The SMILES string of the molecule is C#Cc1ccc(N2NC(=O)NC2c2c(F)cccc2Cl)cc1. The van der Waals surface area contributed by atoms with Gasteiger partial charge in [0.1, 0.15) is 5.82 Å². The van der Waals surface area contributed by atoms with Crippen LogP contribution in [0.4, 0.5) is 14.9 Å². The molecule has 1 unspecified atom stereocenters. The molecule has 0 aliphatic carbocycles. The Hall–Kier alpha value is -2.71. The molecular weight excluding hydrogens is 305 g/mol. The molecule has 1 heterocycles. The number of anilines is 1. The topological polar surface area (TPSA) is 44.4 Å². The average molecular weight is 316 g/mol. The predicted octanol–water partition coefficient (Wildman–Crippen LogP) is 3.19. The quantitative estimate of drug-likeness (QED) is 0.836. The van der Waals surface area contributed by atoms with Gasteiger partial charge in [-0.2, -0.15) is 0 Å². The molecule has 6 heteroatoms. The van der Waals surface area contributed by atoms with E-state index in [0.717, 1.165) is 0 Å². The highest BCUT2D eigenvalue weighted by Crippen LogP contribution is 2.32. The number of rotatable bonds is 2. The highest BCUT2D eigenvalue weighted by molar-refractivity contribution is 6.31. The van der Waals surface area contributed by atoms with Gasteiger partial charge in [-0.15, -0.1) is 6.42 Å². The van der Waals surface area contributed by atoms with Crippen LogP contribution in [0.1, 0.15) is 17.3 Å². The summed E-state index contributed by atoms with van der Waals surface area (Å²) in [6.07, 6.45) is 4.57. The highest BCUT2D eigenvalue weighted by Gasteiger charge is 2.34. The van der Waals surface area contributed by atoms with Crippen LogP contribution in [0.3, 0.4) is 0 Å². The molecule has 22 heavy (non-hydrogen) atoms. The number of carbonyl (C=O) groups excluding carboxylic acids is 1. The van der Waals surface area contributed by atoms with E-state index in [-0.39, 0.29) is 10.6 Å². The standard InChI is InChI=1S/C16H11ClFN3O/c1-2-10-6-8-11(9-7-10)21-15(19-16(22)20-21)14-12(17)4-3-5-13(14)18/h1,3-9,15H,(H2,19,20,22). The van der Waals surface area contributed by atoms with Gasteiger partial charge >= 0.3 is 6.03 Å². The molecule has 2 N–H and O–H groups in total. The predicted molar refractivity (Wildman–Crippen MR) is 82.7 cm³/mol. The van der Waals surface area contributed by atoms with Crippen LogP contribution in [-0.2, 0) is 0 Å². The van der Waals surface area contributed by atoms with E-state index < -0.39 is 18.0 Å². The zero-order chi connectivity index (χ0) is 15.7. The Bertz CT molecular complexity index is 750. The van der Waals surface area contributed by atoms with E-state index in [2.05, 4.69) is 16.7 Å². The summed E-state index contributed by atoms with van der Waals surface area (Å²) < 4.78 is 14.1. The zero-order valence-corrected chi connectivity index (χ0v) is 12.1. The van der Waals surface area contributed by atoms with E-state index >= 15 is 0 Å². The minimum atomic E-state index is -0.752. The van der Waals surface area contributed by atoms with Gasteiger partial charge in [0.2, 0.25) is 0 Å². The smallest absolute Gasteiger partial charge is 0.311 e. The number of terminal acetylenes is 1. The van der Waals surface area contributed by atoms with Gasteiger partial charge < -0.3 is 5.32 Å². The fourth-order valence-electron chi connectivity index (χ4n) is 2.30. The van der Waals surface area contributed by atoms with Crippen molar-refractivity contribution >= 4 is 23.3 Å².